The smallest absolute Gasteiger partial charge is 0.231 e. The lowest BCUT2D eigenvalue weighted by molar-refractivity contribution is 0.0355. The lowest BCUT2D eigenvalue weighted by Gasteiger charge is -2.49. The van der Waals surface area contributed by atoms with Gasteiger partial charge in [0.1, 0.15) is 5.76 Å². The van der Waals surface area contributed by atoms with Crippen LogP contribution in [0, 0.1) is 5.92 Å². The van der Waals surface area contributed by atoms with Crippen molar-refractivity contribution in [2.45, 2.75) is 43.9 Å². The Morgan fingerprint density at radius 2 is 2.00 bits per heavy atom. The lowest BCUT2D eigenvalue weighted by atomic mass is 9.66. The molecule has 0 bridgehead atoms. The van der Waals surface area contributed by atoms with Crippen LogP contribution < -0.4 is 9.47 Å². The minimum Gasteiger partial charge on any atom is -0.458 e. The Balaban J connectivity index is 1.48. The zero-order valence-corrected chi connectivity index (χ0v) is 15.3. The number of allylic oxidation sites excluding steroid dienone is 2. The minimum absolute atomic E-state index is 0.0280. The molecule has 6 heteroatoms. The lowest BCUT2D eigenvalue weighted by Crippen LogP contribution is -2.51. The molecular formula is C21H23NO5. The van der Waals surface area contributed by atoms with E-state index in [2.05, 4.69) is 24.1 Å². The van der Waals surface area contributed by atoms with Gasteiger partial charge in [-0.2, -0.15) is 0 Å². The molecule has 1 aromatic carbocycles. The van der Waals surface area contributed by atoms with Gasteiger partial charge in [0.05, 0.1) is 6.10 Å². The number of aliphatic hydroxyl groups is 1. The van der Waals surface area contributed by atoms with Crippen LogP contribution in [-0.4, -0.2) is 42.8 Å². The number of nitrogens with zero attached hydrogens (tertiary/aromatic N) is 1. The van der Waals surface area contributed by atoms with Crippen LogP contribution >= 0.6 is 0 Å². The number of aliphatic hydroxyl groups excluding tert-OH is 1. The molecule has 3 aliphatic heterocycles. The first-order valence-corrected chi connectivity index (χ1v) is 9.70. The third kappa shape index (κ3) is 2.20. The highest BCUT2D eigenvalue weighted by Crippen LogP contribution is 2.52. The maximum atomic E-state index is 11.1. The summed E-state index contributed by atoms with van der Waals surface area (Å²) in [5, 5.41) is 11.1. The van der Waals surface area contributed by atoms with Crippen LogP contribution in [0.1, 0.15) is 36.3 Å². The van der Waals surface area contributed by atoms with Gasteiger partial charge in [-0.15, -0.1) is 0 Å². The molecule has 0 radical (unpaired) electrons. The zero-order chi connectivity index (χ0) is 18.1. The minimum atomic E-state index is -0.381. The Morgan fingerprint density at radius 1 is 1.11 bits per heavy atom. The second-order valence-electron chi connectivity index (χ2n) is 8.13. The standard InChI is InChI=1S/C21H23NO5/c1-22-8-14-12(3-5-17-21(14)27-10-25-17)19-15(23)6-11-2-4-16-18(26-9-24-16)7-13(11)20(19)22/h3,5,7,11,15,19-20,23H,2,4,6,8-10H2,1H3. The van der Waals surface area contributed by atoms with Crippen molar-refractivity contribution in [2.75, 3.05) is 20.6 Å². The fourth-order valence-electron chi connectivity index (χ4n) is 5.59. The predicted octanol–water partition coefficient (Wildman–Crippen LogP) is 2.63. The molecule has 6 rings (SSSR count). The largest absolute Gasteiger partial charge is 0.458 e. The molecule has 27 heavy (non-hydrogen) atoms. The molecule has 4 atom stereocenters. The summed E-state index contributed by atoms with van der Waals surface area (Å²) in [5.41, 5.74) is 3.71. The molecule has 5 aliphatic rings. The number of hydrogen-bond donors (Lipinski definition) is 1. The van der Waals surface area contributed by atoms with Crippen molar-refractivity contribution in [3.63, 3.8) is 0 Å². The third-order valence-electron chi connectivity index (χ3n) is 6.75. The molecule has 2 aliphatic carbocycles. The summed E-state index contributed by atoms with van der Waals surface area (Å²) in [4.78, 5) is 2.34. The van der Waals surface area contributed by atoms with Crippen LogP contribution in [0.5, 0.6) is 11.5 Å². The zero-order valence-electron chi connectivity index (χ0n) is 15.3. The van der Waals surface area contributed by atoms with Crippen molar-refractivity contribution >= 4 is 0 Å². The molecule has 0 aromatic heterocycles. The number of fused-ring (bicyclic) bond motifs is 7. The van der Waals surface area contributed by atoms with E-state index in [-0.39, 0.29) is 24.9 Å². The molecule has 6 nitrogen and oxygen atoms in total. The molecular weight excluding hydrogens is 346 g/mol. The molecule has 3 heterocycles. The Labute approximate surface area is 158 Å². The first-order valence-electron chi connectivity index (χ1n) is 9.70. The van der Waals surface area contributed by atoms with Crippen LogP contribution in [0.3, 0.4) is 0 Å². The van der Waals surface area contributed by atoms with E-state index in [0.29, 0.717) is 12.7 Å². The summed E-state index contributed by atoms with van der Waals surface area (Å²) in [6.07, 6.45) is 4.46. The van der Waals surface area contributed by atoms with Crippen LogP contribution in [0.4, 0.5) is 0 Å². The maximum Gasteiger partial charge on any atom is 0.231 e. The average Bonchev–Trinajstić information content (AvgIpc) is 3.28. The van der Waals surface area contributed by atoms with Crippen LogP contribution in [0.2, 0.25) is 0 Å². The Morgan fingerprint density at radius 3 is 2.93 bits per heavy atom. The normalized spacial score (nSPS) is 33.8. The van der Waals surface area contributed by atoms with E-state index in [9.17, 15) is 5.11 Å². The molecule has 1 aromatic rings. The summed E-state index contributed by atoms with van der Waals surface area (Å²) in [5.74, 6) is 3.89. The van der Waals surface area contributed by atoms with Gasteiger partial charge in [-0.05, 0) is 49.1 Å². The number of ether oxygens (including phenoxy) is 4. The monoisotopic (exact) mass is 369 g/mol. The predicted molar refractivity (Wildman–Crippen MR) is 96.1 cm³/mol. The van der Waals surface area contributed by atoms with Crippen molar-refractivity contribution in [3.05, 3.63) is 46.4 Å². The highest BCUT2D eigenvalue weighted by molar-refractivity contribution is 5.56. The van der Waals surface area contributed by atoms with Gasteiger partial charge >= 0.3 is 0 Å². The average molecular weight is 369 g/mol. The van der Waals surface area contributed by atoms with E-state index in [1.807, 2.05) is 6.07 Å². The fraction of sp³-hybridized carbons (Fsp3) is 0.524. The van der Waals surface area contributed by atoms with Crippen molar-refractivity contribution in [1.29, 1.82) is 0 Å². The van der Waals surface area contributed by atoms with Crippen LogP contribution in [0.15, 0.2) is 35.3 Å². The van der Waals surface area contributed by atoms with Crippen molar-refractivity contribution in [2.24, 2.45) is 5.92 Å². The summed E-state index contributed by atoms with van der Waals surface area (Å²) in [6, 6.07) is 4.26. The second-order valence-corrected chi connectivity index (χ2v) is 8.13. The first-order chi connectivity index (χ1) is 13.2. The topological polar surface area (TPSA) is 60.4 Å². The quantitative estimate of drug-likeness (QED) is 0.759. The van der Waals surface area contributed by atoms with Gasteiger partial charge in [-0.1, -0.05) is 6.07 Å². The Kier molecular flexibility index (Phi) is 3.32. The third-order valence-corrected chi connectivity index (χ3v) is 6.75. The van der Waals surface area contributed by atoms with Gasteiger partial charge in [-0.3, -0.25) is 4.90 Å². The van der Waals surface area contributed by atoms with E-state index >= 15 is 0 Å². The molecule has 0 saturated heterocycles. The van der Waals surface area contributed by atoms with E-state index in [4.69, 9.17) is 18.9 Å². The molecule has 1 fully saturated rings. The fourth-order valence-corrected chi connectivity index (χ4v) is 5.59. The highest BCUT2D eigenvalue weighted by atomic mass is 16.7. The first kappa shape index (κ1) is 15.8. The van der Waals surface area contributed by atoms with Crippen LogP contribution in [-0.2, 0) is 16.0 Å². The van der Waals surface area contributed by atoms with Gasteiger partial charge in [0.2, 0.25) is 13.6 Å². The van der Waals surface area contributed by atoms with E-state index in [1.54, 1.807) is 0 Å². The van der Waals surface area contributed by atoms with E-state index in [0.717, 1.165) is 54.4 Å². The van der Waals surface area contributed by atoms with E-state index in [1.165, 1.54) is 11.1 Å². The van der Waals surface area contributed by atoms with E-state index < -0.39 is 0 Å². The van der Waals surface area contributed by atoms with Gasteiger partial charge in [0.25, 0.3) is 0 Å². The van der Waals surface area contributed by atoms with Crippen LogP contribution in [0.25, 0.3) is 0 Å². The summed E-state index contributed by atoms with van der Waals surface area (Å²) >= 11 is 0. The number of rotatable bonds is 0. The summed E-state index contributed by atoms with van der Waals surface area (Å²) < 4.78 is 22.7. The second kappa shape index (κ2) is 5.66. The SMILES string of the molecule is CN1Cc2c(ccc3c2OCO3)C2C(O)CC3CCC4=C(C=C3C21)OCO4. The molecule has 4 unspecified atom stereocenters. The van der Waals surface area contributed by atoms with Gasteiger partial charge in [0.15, 0.2) is 17.3 Å². The number of likely N-dealkylation sites (N-methyl/N-ethyl adjacent to an activating group) is 1. The van der Waals surface area contributed by atoms with Crippen molar-refractivity contribution in [1.82, 2.24) is 4.90 Å². The summed E-state index contributed by atoms with van der Waals surface area (Å²) in [6.45, 7) is 1.37. The van der Waals surface area contributed by atoms with Gasteiger partial charge in [-0.25, -0.2) is 0 Å². The molecule has 0 amide bonds. The van der Waals surface area contributed by atoms with Crippen molar-refractivity contribution < 1.29 is 24.1 Å². The number of benzene rings is 1. The molecule has 1 saturated carbocycles. The molecule has 1 N–H and O–H groups in total. The maximum absolute atomic E-state index is 11.1. The Bertz CT molecular complexity index is 876. The summed E-state index contributed by atoms with van der Waals surface area (Å²) in [7, 11) is 2.14. The number of hydrogen-bond acceptors (Lipinski definition) is 6. The van der Waals surface area contributed by atoms with Crippen molar-refractivity contribution in [3.8, 4) is 11.5 Å². The Hall–Kier alpha value is -2.18. The van der Waals surface area contributed by atoms with Gasteiger partial charge < -0.3 is 24.1 Å². The highest BCUT2D eigenvalue weighted by Gasteiger charge is 2.48. The van der Waals surface area contributed by atoms with Gasteiger partial charge in [0, 0.05) is 30.5 Å². The molecule has 142 valence electrons. The molecule has 0 spiro atoms.